The average molecular weight is 858 g/mol. The summed E-state index contributed by atoms with van der Waals surface area (Å²) >= 11 is 11.3. The fourth-order valence-electron chi connectivity index (χ4n) is 6.59. The maximum absolute atomic E-state index is 15.5. The Hall–Kier alpha value is -4.18. The molecule has 7 rings (SSSR count). The van der Waals surface area contributed by atoms with E-state index < -0.39 is 84.5 Å². The van der Waals surface area contributed by atoms with E-state index in [1.54, 1.807) is 0 Å². The predicted molar refractivity (Wildman–Crippen MR) is 197 cm³/mol. The average Bonchev–Trinajstić information content (AvgIpc) is 3.99. The molecule has 0 bridgehead atoms. The molecule has 0 N–H and O–H groups in total. The largest absolute Gasteiger partial charge is 0.488 e. The van der Waals surface area contributed by atoms with Crippen LogP contribution in [0.3, 0.4) is 0 Å². The van der Waals surface area contributed by atoms with Gasteiger partial charge in [0.2, 0.25) is 15.9 Å². The van der Waals surface area contributed by atoms with Gasteiger partial charge >= 0.3 is 6.18 Å². The Bertz CT molecular complexity index is 2340. The van der Waals surface area contributed by atoms with E-state index in [9.17, 15) is 40.0 Å². The number of hydrogen-bond donors (Lipinski definition) is 0. The Balaban J connectivity index is 1.37. The Morgan fingerprint density at radius 2 is 1.39 bits per heavy atom. The minimum absolute atomic E-state index is 0.0540. The van der Waals surface area contributed by atoms with E-state index in [0.29, 0.717) is 42.4 Å². The van der Waals surface area contributed by atoms with Crippen molar-refractivity contribution in [3.05, 3.63) is 121 Å². The molecule has 4 aromatic carbocycles. The molecule has 57 heavy (non-hydrogen) atoms. The molecule has 7 nitrogen and oxygen atoms in total. The number of ketones is 1. The van der Waals surface area contributed by atoms with Crippen LogP contribution in [0, 0.1) is 23.3 Å². The second kappa shape index (κ2) is 15.5. The van der Waals surface area contributed by atoms with Crippen LogP contribution in [0.25, 0.3) is 0 Å². The van der Waals surface area contributed by atoms with Crippen molar-refractivity contribution in [3.63, 3.8) is 0 Å². The molecule has 0 aliphatic heterocycles. The Kier molecular flexibility index (Phi) is 11.2. The maximum Gasteiger partial charge on any atom is 0.416 e. The van der Waals surface area contributed by atoms with Crippen molar-refractivity contribution >= 4 is 50.6 Å². The number of nitrogens with zero attached hydrogens (tertiary/aromatic N) is 2. The first kappa shape index (κ1) is 41.0. The molecule has 302 valence electrons. The van der Waals surface area contributed by atoms with Crippen LogP contribution in [0.1, 0.15) is 95.5 Å². The summed E-state index contributed by atoms with van der Waals surface area (Å²) in [5.41, 5.74) is 0.490. The highest BCUT2D eigenvalue weighted by atomic mass is 35.5. The van der Waals surface area contributed by atoms with E-state index in [0.717, 1.165) is 41.7 Å². The second-order valence-electron chi connectivity index (χ2n) is 14.6. The zero-order chi connectivity index (χ0) is 41.1. The van der Waals surface area contributed by atoms with Crippen molar-refractivity contribution in [1.29, 1.82) is 0 Å². The van der Waals surface area contributed by atoms with E-state index in [1.807, 2.05) is 12.1 Å². The van der Waals surface area contributed by atoms with Crippen molar-refractivity contribution in [2.24, 2.45) is 0 Å². The number of ether oxygens (including phenoxy) is 1. The highest BCUT2D eigenvalue weighted by Crippen LogP contribution is 2.46. The lowest BCUT2D eigenvalue weighted by Gasteiger charge is -2.30. The Labute approximate surface area is 333 Å². The molecular weight excluding hydrogens is 824 g/mol. The predicted octanol–water partition coefficient (Wildman–Crippen LogP) is 10.5. The molecule has 0 radical (unpaired) electrons. The summed E-state index contributed by atoms with van der Waals surface area (Å²) in [4.78, 5) is 26.4. The van der Waals surface area contributed by atoms with Gasteiger partial charge in [0, 0.05) is 12.1 Å². The van der Waals surface area contributed by atoms with Gasteiger partial charge in [0.25, 0.3) is 0 Å². The molecule has 0 unspecified atom stereocenters. The van der Waals surface area contributed by atoms with Crippen LogP contribution in [0.4, 0.5) is 36.4 Å². The number of alkyl halides is 3. The molecule has 3 saturated carbocycles. The van der Waals surface area contributed by atoms with Crippen molar-refractivity contribution in [1.82, 2.24) is 4.31 Å². The number of halogens is 9. The zero-order valence-electron chi connectivity index (χ0n) is 30.0. The summed E-state index contributed by atoms with van der Waals surface area (Å²) in [6.07, 6.45) is -0.343. The molecule has 0 spiro atoms. The zero-order valence-corrected chi connectivity index (χ0v) is 32.4. The summed E-state index contributed by atoms with van der Waals surface area (Å²) in [7, 11) is -5.77. The highest BCUT2D eigenvalue weighted by molar-refractivity contribution is 7.89. The lowest BCUT2D eigenvalue weighted by Crippen LogP contribution is -2.43. The first-order valence-electron chi connectivity index (χ1n) is 18.0. The summed E-state index contributed by atoms with van der Waals surface area (Å²) in [6, 6.07) is 11.5. The third-order valence-corrected chi connectivity index (χ3v) is 12.5. The number of anilines is 1. The van der Waals surface area contributed by atoms with Gasteiger partial charge < -0.3 is 9.64 Å². The van der Waals surface area contributed by atoms with Crippen molar-refractivity contribution in [2.45, 2.75) is 87.5 Å². The van der Waals surface area contributed by atoms with Crippen LogP contribution >= 0.6 is 23.2 Å². The van der Waals surface area contributed by atoms with Gasteiger partial charge in [0.15, 0.2) is 28.1 Å². The number of sulfonamides is 1. The van der Waals surface area contributed by atoms with Gasteiger partial charge in [-0.1, -0.05) is 47.5 Å². The topological polar surface area (TPSA) is 84.0 Å². The lowest BCUT2D eigenvalue weighted by atomic mass is 9.99. The molecule has 1 amide bonds. The van der Waals surface area contributed by atoms with E-state index in [1.165, 1.54) is 25.1 Å². The number of carbonyl (C=O) groups is 2. The first-order valence-corrected chi connectivity index (χ1v) is 20.2. The normalized spacial score (nSPS) is 15.9. The van der Waals surface area contributed by atoms with Gasteiger partial charge in [-0.05, 0) is 110 Å². The van der Waals surface area contributed by atoms with Gasteiger partial charge in [-0.3, -0.25) is 9.59 Å². The number of carbonyl (C=O) groups excluding carboxylic acids is 2. The van der Waals surface area contributed by atoms with E-state index >= 15 is 8.78 Å². The number of benzene rings is 4. The minimum atomic E-state index is -5.77. The van der Waals surface area contributed by atoms with Crippen molar-refractivity contribution in [3.8, 4) is 5.75 Å². The molecule has 0 aromatic heterocycles. The number of amides is 1. The third kappa shape index (κ3) is 8.81. The Morgan fingerprint density at radius 1 is 0.789 bits per heavy atom. The Morgan fingerprint density at radius 3 is 1.91 bits per heavy atom. The molecular formula is C40H33Cl2F7N2O5S. The molecule has 4 aromatic rings. The van der Waals surface area contributed by atoms with Crippen molar-refractivity contribution < 1.29 is 53.5 Å². The highest BCUT2D eigenvalue weighted by Gasteiger charge is 2.41. The SMILES string of the molecule is CC(=O)c1ccc(N(Cc2cc(C3CC3)cc(C3CC3)c2)C(=O)CN(Cc2ccc(F)cc2C(F)(F)F)S(=O)(=O)c2c(F)c(Cl)c(F)c(Cl)c2F)c(OC2CC2)c1. The monoisotopic (exact) mass is 856 g/mol. The van der Waals surface area contributed by atoms with Crippen LogP contribution in [0.5, 0.6) is 5.75 Å². The first-order chi connectivity index (χ1) is 26.8. The van der Waals surface area contributed by atoms with E-state index in [-0.39, 0.29) is 45.8 Å². The van der Waals surface area contributed by atoms with Crippen LogP contribution in [0.15, 0.2) is 59.5 Å². The van der Waals surface area contributed by atoms with Crippen LogP contribution in [-0.4, -0.2) is 37.1 Å². The van der Waals surface area contributed by atoms with Crippen LogP contribution in [-0.2, 0) is 34.1 Å². The minimum Gasteiger partial charge on any atom is -0.488 e. The molecule has 17 heteroatoms. The molecule has 3 aliphatic rings. The fraction of sp³-hybridized carbons (Fsp3) is 0.350. The molecule has 3 aliphatic carbocycles. The van der Waals surface area contributed by atoms with Gasteiger partial charge in [0.05, 0.1) is 30.4 Å². The summed E-state index contributed by atoms with van der Waals surface area (Å²) in [6.45, 7) is -1.65. The van der Waals surface area contributed by atoms with Crippen LogP contribution < -0.4 is 9.64 Å². The molecule has 3 fully saturated rings. The quantitative estimate of drug-likeness (QED) is 0.0546. The fourth-order valence-corrected chi connectivity index (χ4v) is 8.63. The van der Waals surface area contributed by atoms with Gasteiger partial charge in [0.1, 0.15) is 21.6 Å². The number of Topliss-reactive ketones (excluding diaryl/α,β-unsaturated/α-hetero) is 1. The smallest absolute Gasteiger partial charge is 0.416 e. The number of hydrogen-bond acceptors (Lipinski definition) is 5. The molecule has 0 heterocycles. The summed E-state index contributed by atoms with van der Waals surface area (Å²) in [5, 5.41) is -3.06. The summed E-state index contributed by atoms with van der Waals surface area (Å²) in [5.74, 6) is -8.21. The number of rotatable bonds is 14. The van der Waals surface area contributed by atoms with E-state index in [2.05, 4.69) is 6.07 Å². The lowest BCUT2D eigenvalue weighted by molar-refractivity contribution is -0.138. The van der Waals surface area contributed by atoms with Crippen LogP contribution in [0.2, 0.25) is 10.0 Å². The second-order valence-corrected chi connectivity index (χ2v) is 17.2. The van der Waals surface area contributed by atoms with E-state index in [4.69, 9.17) is 27.9 Å². The van der Waals surface area contributed by atoms with Gasteiger partial charge in [-0.15, -0.1) is 0 Å². The van der Waals surface area contributed by atoms with Gasteiger partial charge in [-0.2, -0.15) is 17.5 Å². The maximum atomic E-state index is 15.5. The molecule has 0 atom stereocenters. The van der Waals surface area contributed by atoms with Crippen molar-refractivity contribution in [2.75, 3.05) is 11.4 Å². The third-order valence-electron chi connectivity index (χ3n) is 10.1. The standard InChI is InChI=1S/C40H33Cl2F7N2O5S/c1-20(52)24-7-11-31(32(15-24)56-29-9-10-29)51(17-21-12-26(22-2-3-22)14-27(13-21)23-4-5-23)33(53)19-50(18-25-6-8-28(43)16-30(25)40(47,48)49)57(54,55)39-37(45)34(41)36(44)35(42)38(39)46/h6-8,11-16,22-23,29H,2-5,9-10,17-19H2,1H3. The van der Waals surface area contributed by atoms with Gasteiger partial charge in [-0.25, -0.2) is 26.0 Å². The summed E-state index contributed by atoms with van der Waals surface area (Å²) < 4.78 is 137. The molecule has 0 saturated heterocycles.